The molecule has 7 rings (SSSR count). The molecule has 3 heterocycles. The number of aryl methyl sites for hydroxylation is 2. The fraction of sp³-hybridized carbons (Fsp3) is 0.554. The van der Waals surface area contributed by atoms with Gasteiger partial charge in [0.1, 0.15) is 24.2 Å². The Kier molecular flexibility index (Phi) is 17.8. The molecule has 1 aromatic heterocycles. The molecule has 75 heavy (non-hydrogen) atoms. The zero-order chi connectivity index (χ0) is 54.4. The van der Waals surface area contributed by atoms with Gasteiger partial charge in [-0.25, -0.2) is 0 Å². The van der Waals surface area contributed by atoms with E-state index in [4.69, 9.17) is 0 Å². The van der Waals surface area contributed by atoms with Crippen molar-refractivity contribution in [3.8, 4) is 0 Å². The van der Waals surface area contributed by atoms with E-state index in [1.54, 1.807) is 21.0 Å². The van der Waals surface area contributed by atoms with E-state index in [-0.39, 0.29) is 79.3 Å². The number of rotatable bonds is 16. The van der Waals surface area contributed by atoms with Crippen molar-refractivity contribution in [2.24, 2.45) is 10.8 Å². The van der Waals surface area contributed by atoms with Gasteiger partial charge in [0.2, 0.25) is 35.4 Å². The molecule has 2 aromatic carbocycles. The monoisotopic (exact) mass is 1030 g/mol. The van der Waals surface area contributed by atoms with Gasteiger partial charge in [0.25, 0.3) is 11.8 Å². The maximum absolute atomic E-state index is 14.7. The molecular weight excluding hydrogens is 955 g/mol. The van der Waals surface area contributed by atoms with Crippen LogP contribution in [0.5, 0.6) is 0 Å². The van der Waals surface area contributed by atoms with Gasteiger partial charge in [-0.05, 0) is 112 Å². The fourth-order valence-electron chi connectivity index (χ4n) is 10.8. The number of likely N-dealkylation sites (N-methyl/N-ethyl adjacent to an activating group) is 2. The summed E-state index contributed by atoms with van der Waals surface area (Å²) in [5.41, 5.74) is 2.97. The molecule has 2 aliphatic carbocycles. The molecule has 4 aliphatic rings. The van der Waals surface area contributed by atoms with Crippen molar-refractivity contribution in [3.05, 3.63) is 100 Å². The van der Waals surface area contributed by atoms with Gasteiger partial charge in [0.15, 0.2) is 0 Å². The maximum Gasteiger partial charge on any atom is 0.253 e. The lowest BCUT2D eigenvalue weighted by atomic mass is 9.85. The van der Waals surface area contributed by atoms with Crippen molar-refractivity contribution in [1.29, 1.82) is 0 Å². The Morgan fingerprint density at radius 2 is 1.07 bits per heavy atom. The molecule has 8 amide bonds. The number of nitrogens with zero attached hydrogens (tertiary/aromatic N) is 3. The van der Waals surface area contributed by atoms with Crippen LogP contribution in [0.4, 0.5) is 0 Å². The molecule has 2 saturated heterocycles. The number of carbonyl (C=O) groups is 8. The van der Waals surface area contributed by atoms with Crippen molar-refractivity contribution in [2.75, 3.05) is 33.7 Å². The summed E-state index contributed by atoms with van der Waals surface area (Å²) in [5, 5.41) is 23.8. The first kappa shape index (κ1) is 56.0. The summed E-state index contributed by atoms with van der Waals surface area (Å²) in [6.07, 6.45) is 7.80. The molecule has 2 aliphatic heterocycles. The summed E-state index contributed by atoms with van der Waals surface area (Å²) in [4.78, 5) is 120. The minimum absolute atomic E-state index is 0.0169. The molecule has 0 spiro atoms. The van der Waals surface area contributed by atoms with Crippen LogP contribution in [0, 0.1) is 10.8 Å². The van der Waals surface area contributed by atoms with Gasteiger partial charge in [-0.15, -0.1) is 0 Å². The lowest BCUT2D eigenvalue weighted by molar-refractivity contribution is -0.144. The number of likely N-dealkylation sites (tertiary alicyclic amines) is 2. The standard InChI is InChI=1S/C56H77N11O8/c1-32(58-9)48(69)65-47(56(5,6)7)54(75)67-31-38(26-44(67)52(73)63-42-23-15-19-34-17-11-13-21-40(34)42)61-50(71)36-24-35(27-59-28-36)49(70)60-37-25-43(51(72)62-41-22-14-18-33-16-10-12-20-39(33)41)66(30-37)53(74)46(55(2,3)4)64-45(68)29-57-8/h10-13,16-17,20-21,24,27-28,32,37-38,41-44,46-47,57-58H,14-15,18-19,22-23,25-26,29-31H2,1-9H3,(H,60,70)(H,61,71)(H,62,72)(H,63,73)(H,64,68)(H,65,69). The molecule has 404 valence electrons. The van der Waals surface area contributed by atoms with Crippen molar-refractivity contribution in [2.45, 2.75) is 154 Å². The van der Waals surface area contributed by atoms with E-state index in [2.05, 4.69) is 59.7 Å². The second-order valence-corrected chi connectivity index (χ2v) is 22.8. The molecule has 3 aromatic rings. The number of pyridine rings is 1. The number of nitrogens with one attached hydrogen (secondary N) is 8. The largest absolute Gasteiger partial charge is 0.347 e. The Hall–Kier alpha value is -6.73. The Balaban J connectivity index is 1.08. The van der Waals surface area contributed by atoms with Gasteiger partial charge in [0, 0.05) is 37.6 Å². The zero-order valence-corrected chi connectivity index (χ0v) is 44.9. The third-order valence-electron chi connectivity index (χ3n) is 15.1. The average molecular weight is 1030 g/mol. The smallest absolute Gasteiger partial charge is 0.253 e. The molecule has 19 heteroatoms. The Bertz CT molecular complexity index is 2630. The number of hydrogen-bond acceptors (Lipinski definition) is 11. The molecule has 0 bridgehead atoms. The van der Waals surface area contributed by atoms with Gasteiger partial charge in [0.05, 0.1) is 35.8 Å². The number of benzene rings is 2. The fourth-order valence-corrected chi connectivity index (χ4v) is 10.8. The van der Waals surface area contributed by atoms with E-state index in [0.29, 0.717) is 0 Å². The van der Waals surface area contributed by atoms with Crippen LogP contribution in [0.2, 0.25) is 0 Å². The van der Waals surface area contributed by atoms with Gasteiger partial charge < -0.3 is 52.3 Å². The van der Waals surface area contributed by atoms with Gasteiger partial charge in [-0.1, -0.05) is 90.1 Å². The Labute approximate surface area is 440 Å². The molecule has 0 radical (unpaired) electrons. The van der Waals surface area contributed by atoms with E-state index < -0.39 is 76.8 Å². The molecule has 2 fully saturated rings. The lowest BCUT2D eigenvalue weighted by Gasteiger charge is -2.36. The van der Waals surface area contributed by atoms with Crippen LogP contribution in [0.3, 0.4) is 0 Å². The van der Waals surface area contributed by atoms with Gasteiger partial charge >= 0.3 is 0 Å². The minimum Gasteiger partial charge on any atom is -0.347 e. The average Bonchev–Trinajstić information content (AvgIpc) is 4.01. The molecule has 19 nitrogen and oxygen atoms in total. The topological polar surface area (TPSA) is 252 Å². The predicted molar refractivity (Wildman–Crippen MR) is 283 cm³/mol. The van der Waals surface area contributed by atoms with Crippen molar-refractivity contribution in [3.63, 3.8) is 0 Å². The highest BCUT2D eigenvalue weighted by Gasteiger charge is 2.48. The van der Waals surface area contributed by atoms with Crippen molar-refractivity contribution >= 4 is 47.3 Å². The van der Waals surface area contributed by atoms with Crippen LogP contribution >= 0.6 is 0 Å². The molecule has 9 atom stereocenters. The first-order valence-corrected chi connectivity index (χ1v) is 26.4. The summed E-state index contributed by atoms with van der Waals surface area (Å²) in [5.74, 6) is -3.60. The molecule has 8 N–H and O–H groups in total. The second-order valence-electron chi connectivity index (χ2n) is 22.8. The van der Waals surface area contributed by atoms with Crippen LogP contribution in [-0.4, -0.2) is 138 Å². The highest BCUT2D eigenvalue weighted by Crippen LogP contribution is 2.34. The van der Waals surface area contributed by atoms with Crippen molar-refractivity contribution in [1.82, 2.24) is 57.3 Å². The summed E-state index contributed by atoms with van der Waals surface area (Å²) >= 11 is 0. The van der Waals surface area contributed by atoms with E-state index >= 15 is 0 Å². The normalized spacial score (nSPS) is 22.6. The summed E-state index contributed by atoms with van der Waals surface area (Å²) in [7, 11) is 3.28. The minimum atomic E-state index is -1.01. The van der Waals surface area contributed by atoms with E-state index in [9.17, 15) is 38.4 Å². The SMILES string of the molecule is CNCC(=O)NC(C(=O)N1CC(NC(=O)c2cncc(C(=O)NC3CC(C(=O)NC4CCCc5ccccc54)N(C(=O)C(NC(=O)C(C)NC)C(C)(C)C)C3)c2)CC1C(=O)NC1CCCc2ccccc21)C(C)(C)C. The highest BCUT2D eigenvalue weighted by molar-refractivity contribution is 6.00. The number of fused-ring (bicyclic) bond motifs is 2. The lowest BCUT2D eigenvalue weighted by Crippen LogP contribution is -2.59. The first-order valence-electron chi connectivity index (χ1n) is 26.4. The van der Waals surface area contributed by atoms with E-state index in [1.807, 2.05) is 77.9 Å². The Morgan fingerprint density at radius 1 is 0.627 bits per heavy atom. The van der Waals surface area contributed by atoms with Crippen LogP contribution in [0.1, 0.15) is 142 Å². The maximum atomic E-state index is 14.7. The van der Waals surface area contributed by atoms with Crippen LogP contribution in [-0.2, 0) is 41.6 Å². The van der Waals surface area contributed by atoms with Crippen molar-refractivity contribution < 1.29 is 38.4 Å². The highest BCUT2D eigenvalue weighted by atomic mass is 16.2. The van der Waals surface area contributed by atoms with Crippen LogP contribution < -0.4 is 42.5 Å². The number of hydrogen-bond donors (Lipinski definition) is 8. The molecule has 0 saturated carbocycles. The number of aromatic nitrogens is 1. The number of amides is 8. The van der Waals surface area contributed by atoms with Crippen LogP contribution in [0.25, 0.3) is 0 Å². The predicted octanol–water partition coefficient (Wildman–Crippen LogP) is 2.76. The first-order chi connectivity index (χ1) is 35.6. The summed E-state index contributed by atoms with van der Waals surface area (Å²) in [6, 6.07) is 10.9. The van der Waals surface area contributed by atoms with Gasteiger partial charge in [-0.3, -0.25) is 43.3 Å². The third-order valence-corrected chi connectivity index (χ3v) is 15.1. The quantitative estimate of drug-likeness (QED) is 0.104. The van der Waals surface area contributed by atoms with E-state index in [0.717, 1.165) is 60.8 Å². The van der Waals surface area contributed by atoms with E-state index in [1.165, 1.54) is 28.3 Å². The third kappa shape index (κ3) is 13.4. The zero-order valence-electron chi connectivity index (χ0n) is 44.9. The molecular formula is C56H77N11O8. The molecule has 9 unspecified atom stereocenters. The van der Waals surface area contributed by atoms with Gasteiger partial charge in [-0.2, -0.15) is 0 Å². The number of carbonyl (C=O) groups excluding carboxylic acids is 8. The van der Waals surface area contributed by atoms with Crippen LogP contribution in [0.15, 0.2) is 67.0 Å². The second kappa shape index (κ2) is 23.9. The summed E-state index contributed by atoms with van der Waals surface area (Å²) in [6.45, 7) is 12.6. The summed E-state index contributed by atoms with van der Waals surface area (Å²) < 4.78 is 0. The Morgan fingerprint density at radius 3 is 1.49 bits per heavy atom.